The summed E-state index contributed by atoms with van der Waals surface area (Å²) in [5.41, 5.74) is 17.3. The van der Waals surface area contributed by atoms with Crippen LogP contribution < -0.4 is 27.8 Å². The Labute approximate surface area is 221 Å². The molecule has 0 aliphatic carbocycles. The number of phenols is 1. The molecule has 2 rings (SSSR count). The average Bonchev–Trinajstić information content (AvgIpc) is 3.35. The van der Waals surface area contributed by atoms with Gasteiger partial charge in [0.15, 0.2) is 5.96 Å². The molecule has 1 saturated heterocycles. The molecule has 13 heteroatoms. The van der Waals surface area contributed by atoms with Crippen molar-refractivity contribution < 1.29 is 29.4 Å². The summed E-state index contributed by atoms with van der Waals surface area (Å²) in [6.07, 6.45) is 1.70. The van der Waals surface area contributed by atoms with E-state index in [0.29, 0.717) is 31.4 Å². The van der Waals surface area contributed by atoms with Crippen molar-refractivity contribution in [3.63, 3.8) is 0 Å². The molecule has 1 aliphatic heterocycles. The molecule has 0 bridgehead atoms. The van der Waals surface area contributed by atoms with Crippen molar-refractivity contribution in [3.8, 4) is 5.75 Å². The number of nitrogens with two attached hydrogens (primary N) is 3. The van der Waals surface area contributed by atoms with Gasteiger partial charge < -0.3 is 42.9 Å². The summed E-state index contributed by atoms with van der Waals surface area (Å²) in [6.45, 7) is 4.08. The average molecular weight is 534 g/mol. The molecule has 0 saturated carbocycles. The Bertz CT molecular complexity index is 1010. The molecule has 1 fully saturated rings. The summed E-state index contributed by atoms with van der Waals surface area (Å²) < 4.78 is 0. The van der Waals surface area contributed by atoms with Gasteiger partial charge >= 0.3 is 5.97 Å². The van der Waals surface area contributed by atoms with Gasteiger partial charge in [0.2, 0.25) is 17.7 Å². The topological polar surface area (TPSA) is 226 Å². The Hall–Kier alpha value is -3.87. The second-order valence-corrected chi connectivity index (χ2v) is 9.75. The number of aromatic hydroxyl groups is 1. The van der Waals surface area contributed by atoms with Crippen LogP contribution in [0.4, 0.5) is 0 Å². The number of aliphatic carboxylic acids is 1. The number of carboxylic acid groups (broad SMARTS) is 1. The van der Waals surface area contributed by atoms with Crippen LogP contribution in [0.2, 0.25) is 0 Å². The number of nitrogens with zero attached hydrogens (tertiary/aromatic N) is 2. The highest BCUT2D eigenvalue weighted by Gasteiger charge is 2.39. The Balaban J connectivity index is 2.18. The maximum absolute atomic E-state index is 13.4. The number of hydrogen-bond acceptors (Lipinski definition) is 7. The highest BCUT2D eigenvalue weighted by atomic mass is 16.4. The zero-order chi connectivity index (χ0) is 28.4. The standard InChI is InChI=1S/C25H39N7O6/c1-14(2)20(23(36)32-12-4-6-19(32)24(37)38)31-22(35)18(13-15-7-9-16(33)10-8-15)30-21(34)17(26)5-3-11-29-25(27)28/h7-10,14,17-20,33H,3-6,11-13,26H2,1-2H3,(H,30,34)(H,31,35)(H,37,38)(H4,27,28,29). The minimum Gasteiger partial charge on any atom is -0.508 e. The molecule has 4 atom stereocenters. The van der Waals surface area contributed by atoms with Gasteiger partial charge in [0.1, 0.15) is 23.9 Å². The van der Waals surface area contributed by atoms with Crippen molar-refractivity contribution in [2.24, 2.45) is 28.1 Å². The molecule has 210 valence electrons. The highest BCUT2D eigenvalue weighted by molar-refractivity contribution is 5.94. The Morgan fingerprint density at radius 3 is 2.34 bits per heavy atom. The number of carboxylic acids is 1. The van der Waals surface area contributed by atoms with Gasteiger partial charge in [0, 0.05) is 19.5 Å². The van der Waals surface area contributed by atoms with Gasteiger partial charge in [-0.1, -0.05) is 26.0 Å². The van der Waals surface area contributed by atoms with Crippen molar-refractivity contribution in [3.05, 3.63) is 29.8 Å². The zero-order valence-electron chi connectivity index (χ0n) is 21.8. The summed E-state index contributed by atoms with van der Waals surface area (Å²) in [5, 5.41) is 24.5. The van der Waals surface area contributed by atoms with E-state index in [1.165, 1.54) is 17.0 Å². The summed E-state index contributed by atoms with van der Waals surface area (Å²) >= 11 is 0. The fourth-order valence-corrected chi connectivity index (χ4v) is 4.24. The lowest BCUT2D eigenvalue weighted by atomic mass is 9.99. The van der Waals surface area contributed by atoms with E-state index in [1.54, 1.807) is 26.0 Å². The van der Waals surface area contributed by atoms with Gasteiger partial charge in [-0.25, -0.2) is 4.79 Å². The van der Waals surface area contributed by atoms with Crippen LogP contribution >= 0.6 is 0 Å². The quantitative estimate of drug-likeness (QED) is 0.0937. The summed E-state index contributed by atoms with van der Waals surface area (Å²) in [7, 11) is 0. The molecule has 38 heavy (non-hydrogen) atoms. The Morgan fingerprint density at radius 1 is 1.11 bits per heavy atom. The van der Waals surface area contributed by atoms with E-state index in [4.69, 9.17) is 17.2 Å². The molecule has 3 amide bonds. The molecular formula is C25H39N7O6. The van der Waals surface area contributed by atoms with E-state index >= 15 is 0 Å². The number of benzene rings is 1. The van der Waals surface area contributed by atoms with Gasteiger partial charge in [0.05, 0.1) is 6.04 Å². The fourth-order valence-electron chi connectivity index (χ4n) is 4.24. The van der Waals surface area contributed by atoms with Gasteiger partial charge in [-0.2, -0.15) is 0 Å². The first kappa shape index (κ1) is 30.4. The molecule has 4 unspecified atom stereocenters. The number of phenolic OH excluding ortho intramolecular Hbond substituents is 1. The predicted molar refractivity (Wildman–Crippen MR) is 141 cm³/mol. The number of aliphatic imine (C=N–C) groups is 1. The number of likely N-dealkylation sites (tertiary alicyclic amines) is 1. The lowest BCUT2D eigenvalue weighted by Crippen LogP contribution is -2.59. The number of carbonyl (C=O) groups excluding carboxylic acids is 3. The first-order chi connectivity index (χ1) is 17.9. The SMILES string of the molecule is CC(C)C(NC(=O)C(Cc1ccc(O)cc1)NC(=O)C(N)CCCN=C(N)N)C(=O)N1CCCC1C(=O)O. The zero-order valence-corrected chi connectivity index (χ0v) is 21.8. The number of rotatable bonds is 13. The predicted octanol–water partition coefficient (Wildman–Crippen LogP) is -0.983. The van der Waals surface area contributed by atoms with E-state index in [2.05, 4.69) is 15.6 Å². The van der Waals surface area contributed by atoms with Crippen LogP contribution in [-0.4, -0.2) is 82.0 Å². The van der Waals surface area contributed by atoms with Crippen molar-refractivity contribution in [1.29, 1.82) is 0 Å². The number of guanidine groups is 1. The maximum atomic E-state index is 13.4. The summed E-state index contributed by atoms with van der Waals surface area (Å²) in [5.74, 6) is -3.11. The van der Waals surface area contributed by atoms with E-state index in [-0.39, 0.29) is 37.0 Å². The third-order valence-electron chi connectivity index (χ3n) is 6.36. The third-order valence-corrected chi connectivity index (χ3v) is 6.36. The Morgan fingerprint density at radius 2 is 1.76 bits per heavy atom. The molecule has 1 aromatic rings. The molecule has 1 aliphatic rings. The third kappa shape index (κ3) is 8.91. The van der Waals surface area contributed by atoms with Crippen LogP contribution in [0.25, 0.3) is 0 Å². The van der Waals surface area contributed by atoms with Crippen molar-refractivity contribution in [2.75, 3.05) is 13.1 Å². The van der Waals surface area contributed by atoms with Gasteiger partial charge in [0.25, 0.3) is 0 Å². The lowest BCUT2D eigenvalue weighted by Gasteiger charge is -2.31. The largest absolute Gasteiger partial charge is 0.508 e. The Kier molecular flexibility index (Phi) is 11.3. The minimum atomic E-state index is -1.09. The molecule has 0 aromatic heterocycles. The second kappa shape index (κ2) is 14.2. The monoisotopic (exact) mass is 533 g/mol. The lowest BCUT2D eigenvalue weighted by molar-refractivity contribution is -0.150. The number of amides is 3. The molecule has 10 N–H and O–H groups in total. The van der Waals surface area contributed by atoms with Crippen LogP contribution in [0.1, 0.15) is 45.1 Å². The van der Waals surface area contributed by atoms with E-state index in [0.717, 1.165) is 0 Å². The van der Waals surface area contributed by atoms with Crippen LogP contribution in [0.15, 0.2) is 29.3 Å². The second-order valence-electron chi connectivity index (χ2n) is 9.75. The maximum Gasteiger partial charge on any atom is 0.326 e. The van der Waals surface area contributed by atoms with E-state index in [1.807, 2.05) is 0 Å². The minimum absolute atomic E-state index is 0.0469. The smallest absolute Gasteiger partial charge is 0.326 e. The number of hydrogen-bond donors (Lipinski definition) is 7. The first-order valence-corrected chi connectivity index (χ1v) is 12.6. The molecule has 1 aromatic carbocycles. The number of carbonyl (C=O) groups is 4. The van der Waals surface area contributed by atoms with Gasteiger partial charge in [-0.05, 0) is 49.3 Å². The van der Waals surface area contributed by atoms with Crippen molar-refractivity contribution in [1.82, 2.24) is 15.5 Å². The fraction of sp³-hybridized carbons (Fsp3) is 0.560. The summed E-state index contributed by atoms with van der Waals surface area (Å²) in [4.78, 5) is 56.2. The normalized spacial score (nSPS) is 17.4. The molecule has 13 nitrogen and oxygen atoms in total. The van der Waals surface area contributed by atoms with E-state index in [9.17, 15) is 29.4 Å². The van der Waals surface area contributed by atoms with Gasteiger partial charge in [-0.3, -0.25) is 19.4 Å². The van der Waals surface area contributed by atoms with Gasteiger partial charge in [-0.15, -0.1) is 0 Å². The van der Waals surface area contributed by atoms with Crippen molar-refractivity contribution >= 4 is 29.7 Å². The van der Waals surface area contributed by atoms with Crippen LogP contribution in [0, 0.1) is 5.92 Å². The van der Waals surface area contributed by atoms with Crippen LogP contribution in [0.5, 0.6) is 5.75 Å². The molecular weight excluding hydrogens is 494 g/mol. The summed E-state index contributed by atoms with van der Waals surface area (Å²) in [6, 6.07) is 2.21. The van der Waals surface area contributed by atoms with Crippen molar-refractivity contribution in [2.45, 2.75) is 70.1 Å². The van der Waals surface area contributed by atoms with Crippen LogP contribution in [-0.2, 0) is 25.6 Å². The van der Waals surface area contributed by atoms with Crippen LogP contribution in [0.3, 0.4) is 0 Å². The van der Waals surface area contributed by atoms with E-state index < -0.39 is 47.9 Å². The molecule has 1 heterocycles. The molecule has 0 spiro atoms. The first-order valence-electron chi connectivity index (χ1n) is 12.6. The highest BCUT2D eigenvalue weighted by Crippen LogP contribution is 2.20. The number of nitrogens with one attached hydrogen (secondary N) is 2. The molecule has 0 radical (unpaired) electrons.